The Morgan fingerprint density at radius 2 is 2.27 bits per heavy atom. The van der Waals surface area contributed by atoms with Crippen LogP contribution in [0.5, 0.6) is 0 Å². The third-order valence-corrected chi connectivity index (χ3v) is 3.47. The number of rotatable bonds is 5. The second kappa shape index (κ2) is 6.46. The number of aliphatic hydroxyl groups is 1. The Kier molecular flexibility index (Phi) is 5.58. The molecule has 1 saturated heterocycles. The number of hydrogen-bond donors (Lipinski definition) is 1. The van der Waals surface area contributed by atoms with Crippen molar-refractivity contribution in [2.75, 3.05) is 26.8 Å². The smallest absolute Gasteiger partial charge is 0.0690 e. The Morgan fingerprint density at radius 3 is 2.80 bits per heavy atom. The lowest BCUT2D eigenvalue weighted by Crippen LogP contribution is -2.42. The minimum absolute atomic E-state index is 0.209. The standard InChI is InChI=1S/C12H25NO2/c1-4-12(14)10(2)13(3)8-11-6-5-7-15-9-11/h10-12,14H,4-9H2,1-3H3. The van der Waals surface area contributed by atoms with Crippen LogP contribution in [0.15, 0.2) is 0 Å². The predicted octanol–water partition coefficient (Wildman–Crippen LogP) is 1.50. The Balaban J connectivity index is 2.29. The highest BCUT2D eigenvalue weighted by molar-refractivity contribution is 4.75. The highest BCUT2D eigenvalue weighted by Gasteiger charge is 2.21. The van der Waals surface area contributed by atoms with Crippen molar-refractivity contribution < 1.29 is 9.84 Å². The number of hydrogen-bond acceptors (Lipinski definition) is 3. The van der Waals surface area contributed by atoms with Gasteiger partial charge in [-0.1, -0.05) is 6.92 Å². The highest BCUT2D eigenvalue weighted by Crippen LogP contribution is 2.16. The molecule has 1 N–H and O–H groups in total. The first-order valence-electron chi connectivity index (χ1n) is 6.11. The second-order valence-electron chi connectivity index (χ2n) is 4.74. The summed E-state index contributed by atoms with van der Waals surface area (Å²) in [5.41, 5.74) is 0. The maximum absolute atomic E-state index is 9.75. The molecule has 3 atom stereocenters. The molecule has 0 amide bonds. The number of nitrogens with zero attached hydrogens (tertiary/aromatic N) is 1. The predicted molar refractivity (Wildman–Crippen MR) is 61.9 cm³/mol. The van der Waals surface area contributed by atoms with Crippen molar-refractivity contribution in [2.45, 2.75) is 45.3 Å². The van der Waals surface area contributed by atoms with Crippen molar-refractivity contribution in [3.05, 3.63) is 0 Å². The van der Waals surface area contributed by atoms with Gasteiger partial charge >= 0.3 is 0 Å². The van der Waals surface area contributed by atoms with Crippen molar-refractivity contribution in [2.24, 2.45) is 5.92 Å². The molecule has 3 heteroatoms. The van der Waals surface area contributed by atoms with Gasteiger partial charge in [0, 0.05) is 19.2 Å². The molecule has 0 saturated carbocycles. The van der Waals surface area contributed by atoms with E-state index in [4.69, 9.17) is 4.74 Å². The molecule has 1 aliphatic heterocycles. The van der Waals surface area contributed by atoms with Crippen LogP contribution >= 0.6 is 0 Å². The van der Waals surface area contributed by atoms with Gasteiger partial charge in [0.15, 0.2) is 0 Å². The van der Waals surface area contributed by atoms with Crippen LogP contribution < -0.4 is 0 Å². The van der Waals surface area contributed by atoms with Crippen LogP contribution in [0.4, 0.5) is 0 Å². The quantitative estimate of drug-likeness (QED) is 0.754. The Morgan fingerprint density at radius 1 is 1.53 bits per heavy atom. The van der Waals surface area contributed by atoms with Crippen LogP contribution in [0.25, 0.3) is 0 Å². The van der Waals surface area contributed by atoms with E-state index in [0.717, 1.165) is 26.2 Å². The third kappa shape index (κ3) is 4.09. The first-order chi connectivity index (χ1) is 7.15. The fourth-order valence-electron chi connectivity index (χ4n) is 2.16. The van der Waals surface area contributed by atoms with Gasteiger partial charge in [-0.3, -0.25) is 0 Å². The van der Waals surface area contributed by atoms with E-state index in [1.807, 2.05) is 6.92 Å². The van der Waals surface area contributed by atoms with Crippen molar-refractivity contribution in [3.8, 4) is 0 Å². The number of likely N-dealkylation sites (N-methyl/N-ethyl adjacent to an activating group) is 1. The van der Waals surface area contributed by atoms with E-state index >= 15 is 0 Å². The van der Waals surface area contributed by atoms with Gasteiger partial charge in [0.2, 0.25) is 0 Å². The lowest BCUT2D eigenvalue weighted by atomic mass is 10.0. The molecule has 0 aromatic carbocycles. The van der Waals surface area contributed by atoms with Gasteiger partial charge in [-0.2, -0.15) is 0 Å². The molecular weight excluding hydrogens is 190 g/mol. The van der Waals surface area contributed by atoms with E-state index < -0.39 is 0 Å². The van der Waals surface area contributed by atoms with Crippen LogP contribution in [0.1, 0.15) is 33.1 Å². The lowest BCUT2D eigenvalue weighted by molar-refractivity contribution is 0.0174. The van der Waals surface area contributed by atoms with Crippen LogP contribution in [0.3, 0.4) is 0 Å². The summed E-state index contributed by atoms with van der Waals surface area (Å²) in [7, 11) is 2.10. The summed E-state index contributed by atoms with van der Waals surface area (Å²) in [5, 5.41) is 9.75. The Labute approximate surface area is 93.4 Å². The van der Waals surface area contributed by atoms with Gasteiger partial charge in [0.1, 0.15) is 0 Å². The molecule has 0 bridgehead atoms. The van der Waals surface area contributed by atoms with Gasteiger partial charge in [0.05, 0.1) is 12.7 Å². The van der Waals surface area contributed by atoms with E-state index in [1.54, 1.807) is 0 Å². The van der Waals surface area contributed by atoms with E-state index in [0.29, 0.717) is 5.92 Å². The van der Waals surface area contributed by atoms with Crippen LogP contribution in [0, 0.1) is 5.92 Å². The van der Waals surface area contributed by atoms with Crippen LogP contribution in [0.2, 0.25) is 0 Å². The zero-order chi connectivity index (χ0) is 11.3. The minimum Gasteiger partial charge on any atom is -0.392 e. The molecule has 1 rings (SSSR count). The largest absolute Gasteiger partial charge is 0.392 e. The molecule has 0 spiro atoms. The summed E-state index contributed by atoms with van der Waals surface area (Å²) in [6.45, 7) is 6.97. The van der Waals surface area contributed by atoms with Gasteiger partial charge < -0.3 is 14.7 Å². The number of ether oxygens (including phenoxy) is 1. The van der Waals surface area contributed by atoms with E-state index in [9.17, 15) is 5.11 Å². The molecule has 0 aromatic heterocycles. The summed E-state index contributed by atoms with van der Waals surface area (Å²) in [5.74, 6) is 0.648. The normalized spacial score (nSPS) is 26.6. The first-order valence-corrected chi connectivity index (χ1v) is 6.11. The Hall–Kier alpha value is -0.120. The summed E-state index contributed by atoms with van der Waals surface area (Å²) in [4.78, 5) is 2.26. The third-order valence-electron chi connectivity index (χ3n) is 3.47. The van der Waals surface area contributed by atoms with Crippen LogP contribution in [-0.4, -0.2) is 49.0 Å². The lowest BCUT2D eigenvalue weighted by Gasteiger charge is -2.32. The maximum atomic E-state index is 9.75. The zero-order valence-electron chi connectivity index (χ0n) is 10.3. The average Bonchev–Trinajstić information content (AvgIpc) is 2.28. The fraction of sp³-hybridized carbons (Fsp3) is 1.00. The fourth-order valence-corrected chi connectivity index (χ4v) is 2.16. The average molecular weight is 215 g/mol. The van der Waals surface area contributed by atoms with Crippen LogP contribution in [-0.2, 0) is 4.74 Å². The van der Waals surface area contributed by atoms with Gasteiger partial charge in [-0.05, 0) is 39.2 Å². The van der Waals surface area contributed by atoms with E-state index in [1.165, 1.54) is 12.8 Å². The molecule has 1 heterocycles. The molecule has 1 aliphatic rings. The van der Waals surface area contributed by atoms with Crippen molar-refractivity contribution in [3.63, 3.8) is 0 Å². The van der Waals surface area contributed by atoms with Gasteiger partial charge in [0.25, 0.3) is 0 Å². The van der Waals surface area contributed by atoms with E-state index in [-0.39, 0.29) is 12.1 Å². The summed E-state index contributed by atoms with van der Waals surface area (Å²) < 4.78 is 5.46. The first kappa shape index (κ1) is 12.9. The molecule has 0 aromatic rings. The maximum Gasteiger partial charge on any atom is 0.0690 e. The molecular formula is C12H25NO2. The monoisotopic (exact) mass is 215 g/mol. The van der Waals surface area contributed by atoms with Gasteiger partial charge in [-0.25, -0.2) is 0 Å². The molecule has 1 fully saturated rings. The second-order valence-corrected chi connectivity index (χ2v) is 4.74. The summed E-state index contributed by atoms with van der Waals surface area (Å²) in [6, 6.07) is 0.247. The zero-order valence-corrected chi connectivity index (χ0v) is 10.3. The molecule has 0 aliphatic carbocycles. The van der Waals surface area contributed by atoms with Crippen molar-refractivity contribution >= 4 is 0 Å². The Bertz CT molecular complexity index is 169. The minimum atomic E-state index is -0.209. The molecule has 3 nitrogen and oxygen atoms in total. The van der Waals surface area contributed by atoms with Crippen molar-refractivity contribution in [1.82, 2.24) is 4.90 Å². The molecule has 90 valence electrons. The molecule has 0 radical (unpaired) electrons. The number of aliphatic hydroxyl groups excluding tert-OH is 1. The molecule has 3 unspecified atom stereocenters. The topological polar surface area (TPSA) is 32.7 Å². The van der Waals surface area contributed by atoms with Gasteiger partial charge in [-0.15, -0.1) is 0 Å². The van der Waals surface area contributed by atoms with Crippen molar-refractivity contribution in [1.29, 1.82) is 0 Å². The summed E-state index contributed by atoms with van der Waals surface area (Å²) >= 11 is 0. The molecule has 15 heavy (non-hydrogen) atoms. The SMILES string of the molecule is CCC(O)C(C)N(C)CC1CCCOC1. The highest BCUT2D eigenvalue weighted by atomic mass is 16.5. The van der Waals surface area contributed by atoms with E-state index in [2.05, 4.69) is 18.9 Å². The summed E-state index contributed by atoms with van der Waals surface area (Å²) in [6.07, 6.45) is 3.06.